The Hall–Kier alpha value is -1.14. The first kappa shape index (κ1) is 16.9. The molecule has 0 amide bonds. The van der Waals surface area contributed by atoms with Crippen molar-refractivity contribution in [2.24, 2.45) is 5.92 Å². The standard InChI is InChI=1S/C14H19F4NO/c1-9(5-10(2)20)7-19-8-11-6-12(14(16,17)18)3-4-13(11)15/h3-4,6,9-10,19-20H,5,7-8H2,1-2H3. The fraction of sp³-hybridized carbons (Fsp3) is 0.571. The summed E-state index contributed by atoms with van der Waals surface area (Å²) < 4.78 is 51.0. The predicted molar refractivity (Wildman–Crippen MR) is 68.6 cm³/mol. The maximum Gasteiger partial charge on any atom is 0.416 e. The predicted octanol–water partition coefficient (Wildman–Crippen LogP) is 3.34. The van der Waals surface area contributed by atoms with Gasteiger partial charge in [0.2, 0.25) is 0 Å². The summed E-state index contributed by atoms with van der Waals surface area (Å²) in [6, 6.07) is 2.38. The average molecular weight is 293 g/mol. The zero-order chi connectivity index (χ0) is 15.3. The van der Waals surface area contributed by atoms with Gasteiger partial charge in [0, 0.05) is 12.1 Å². The maximum absolute atomic E-state index is 13.4. The SMILES string of the molecule is CC(O)CC(C)CNCc1cc(C(F)(F)F)ccc1F. The van der Waals surface area contributed by atoms with Crippen molar-refractivity contribution in [3.63, 3.8) is 0 Å². The lowest BCUT2D eigenvalue weighted by Crippen LogP contribution is -2.23. The van der Waals surface area contributed by atoms with E-state index in [1.807, 2.05) is 6.92 Å². The second kappa shape index (κ2) is 7.04. The Labute approximate surface area is 115 Å². The summed E-state index contributed by atoms with van der Waals surface area (Å²) in [5.41, 5.74) is -0.864. The number of hydrogen-bond acceptors (Lipinski definition) is 2. The topological polar surface area (TPSA) is 32.3 Å². The van der Waals surface area contributed by atoms with Gasteiger partial charge in [-0.2, -0.15) is 13.2 Å². The highest BCUT2D eigenvalue weighted by Gasteiger charge is 2.30. The highest BCUT2D eigenvalue weighted by Crippen LogP contribution is 2.30. The molecule has 0 heterocycles. The molecular formula is C14H19F4NO. The number of hydrogen-bond donors (Lipinski definition) is 2. The zero-order valence-corrected chi connectivity index (χ0v) is 11.5. The summed E-state index contributed by atoms with van der Waals surface area (Å²) in [6.07, 6.45) is -4.32. The summed E-state index contributed by atoms with van der Waals surface area (Å²) in [4.78, 5) is 0. The Balaban J connectivity index is 2.59. The van der Waals surface area contributed by atoms with Crippen LogP contribution in [-0.2, 0) is 12.7 Å². The van der Waals surface area contributed by atoms with Crippen LogP contribution >= 0.6 is 0 Å². The molecular weight excluding hydrogens is 274 g/mol. The van der Waals surface area contributed by atoms with E-state index in [1.165, 1.54) is 0 Å². The zero-order valence-electron chi connectivity index (χ0n) is 11.5. The van der Waals surface area contributed by atoms with Gasteiger partial charge in [-0.25, -0.2) is 4.39 Å². The van der Waals surface area contributed by atoms with Gasteiger partial charge in [-0.15, -0.1) is 0 Å². The van der Waals surface area contributed by atoms with Crippen LogP contribution in [0.15, 0.2) is 18.2 Å². The maximum atomic E-state index is 13.4. The van der Waals surface area contributed by atoms with Gasteiger partial charge in [0.1, 0.15) is 5.82 Å². The van der Waals surface area contributed by atoms with Crippen LogP contribution in [-0.4, -0.2) is 17.8 Å². The molecule has 0 aliphatic carbocycles. The third-order valence-electron chi connectivity index (χ3n) is 2.92. The molecule has 2 N–H and O–H groups in total. The Morgan fingerprint density at radius 2 is 1.90 bits per heavy atom. The van der Waals surface area contributed by atoms with Crippen LogP contribution in [0.5, 0.6) is 0 Å². The quantitative estimate of drug-likeness (QED) is 0.788. The van der Waals surface area contributed by atoms with Crippen molar-refractivity contribution in [3.05, 3.63) is 35.1 Å². The lowest BCUT2D eigenvalue weighted by atomic mass is 10.0. The molecule has 0 spiro atoms. The van der Waals surface area contributed by atoms with E-state index in [1.54, 1.807) is 6.92 Å². The number of nitrogens with one attached hydrogen (secondary N) is 1. The molecule has 114 valence electrons. The minimum Gasteiger partial charge on any atom is -0.393 e. The Kier molecular flexibility index (Phi) is 5.95. The van der Waals surface area contributed by atoms with Crippen molar-refractivity contribution in [1.82, 2.24) is 5.32 Å². The van der Waals surface area contributed by atoms with Gasteiger partial charge in [0.25, 0.3) is 0 Å². The van der Waals surface area contributed by atoms with Crippen LogP contribution in [0.25, 0.3) is 0 Å². The van der Waals surface area contributed by atoms with Crippen molar-refractivity contribution in [2.45, 2.75) is 39.1 Å². The van der Waals surface area contributed by atoms with Crippen molar-refractivity contribution in [2.75, 3.05) is 6.54 Å². The number of aliphatic hydroxyl groups excluding tert-OH is 1. The monoisotopic (exact) mass is 293 g/mol. The first-order valence-electron chi connectivity index (χ1n) is 6.44. The smallest absolute Gasteiger partial charge is 0.393 e. The van der Waals surface area contributed by atoms with Crippen molar-refractivity contribution < 1.29 is 22.7 Å². The lowest BCUT2D eigenvalue weighted by Gasteiger charge is -2.15. The van der Waals surface area contributed by atoms with Crippen molar-refractivity contribution >= 4 is 0 Å². The Bertz CT molecular complexity index is 432. The molecule has 0 saturated carbocycles. The van der Waals surface area contributed by atoms with Gasteiger partial charge in [-0.05, 0) is 44.0 Å². The van der Waals surface area contributed by atoms with E-state index < -0.39 is 23.7 Å². The van der Waals surface area contributed by atoms with E-state index in [2.05, 4.69) is 5.32 Å². The fourth-order valence-electron chi connectivity index (χ4n) is 2.01. The molecule has 20 heavy (non-hydrogen) atoms. The van der Waals surface area contributed by atoms with Crippen LogP contribution in [0.4, 0.5) is 17.6 Å². The van der Waals surface area contributed by atoms with E-state index in [9.17, 15) is 22.7 Å². The van der Waals surface area contributed by atoms with E-state index in [4.69, 9.17) is 0 Å². The summed E-state index contributed by atoms with van der Waals surface area (Å²) in [5.74, 6) is -0.502. The van der Waals surface area contributed by atoms with Crippen LogP contribution in [0.1, 0.15) is 31.4 Å². The third kappa shape index (κ3) is 5.46. The average Bonchev–Trinajstić information content (AvgIpc) is 2.29. The molecule has 1 rings (SSSR count). The first-order chi connectivity index (χ1) is 9.20. The second-order valence-corrected chi connectivity index (χ2v) is 5.12. The first-order valence-corrected chi connectivity index (χ1v) is 6.44. The van der Waals surface area contributed by atoms with Crippen LogP contribution < -0.4 is 5.32 Å². The van der Waals surface area contributed by atoms with Crippen molar-refractivity contribution in [3.8, 4) is 0 Å². The number of rotatable bonds is 6. The highest BCUT2D eigenvalue weighted by molar-refractivity contribution is 5.27. The number of benzene rings is 1. The molecule has 2 nitrogen and oxygen atoms in total. The molecule has 0 bridgehead atoms. The molecule has 0 saturated heterocycles. The molecule has 0 radical (unpaired) electrons. The van der Waals surface area contributed by atoms with Gasteiger partial charge >= 0.3 is 6.18 Å². The normalized spacial score (nSPS) is 15.2. The van der Waals surface area contributed by atoms with E-state index in [0.29, 0.717) is 13.0 Å². The van der Waals surface area contributed by atoms with Gasteiger partial charge < -0.3 is 10.4 Å². The molecule has 2 atom stereocenters. The lowest BCUT2D eigenvalue weighted by molar-refractivity contribution is -0.137. The molecule has 0 aliphatic rings. The van der Waals surface area contributed by atoms with Gasteiger partial charge in [0.15, 0.2) is 0 Å². The van der Waals surface area contributed by atoms with E-state index >= 15 is 0 Å². The molecule has 2 unspecified atom stereocenters. The van der Waals surface area contributed by atoms with E-state index in [0.717, 1.165) is 18.2 Å². The highest BCUT2D eigenvalue weighted by atomic mass is 19.4. The summed E-state index contributed by atoms with van der Waals surface area (Å²) in [7, 11) is 0. The van der Waals surface area contributed by atoms with Gasteiger partial charge in [-0.3, -0.25) is 0 Å². The minimum absolute atomic E-state index is 0.0101. The van der Waals surface area contributed by atoms with Crippen LogP contribution in [0, 0.1) is 11.7 Å². The van der Waals surface area contributed by atoms with Crippen LogP contribution in [0.3, 0.4) is 0 Å². The van der Waals surface area contributed by atoms with Gasteiger partial charge in [0.05, 0.1) is 11.7 Å². The van der Waals surface area contributed by atoms with E-state index in [-0.39, 0.29) is 18.0 Å². The minimum atomic E-state index is -4.47. The summed E-state index contributed by atoms with van der Waals surface area (Å²) in [6.45, 7) is 4.10. The summed E-state index contributed by atoms with van der Waals surface area (Å²) >= 11 is 0. The fourth-order valence-corrected chi connectivity index (χ4v) is 2.01. The Morgan fingerprint density at radius 1 is 1.25 bits per heavy atom. The van der Waals surface area contributed by atoms with Crippen molar-refractivity contribution in [1.29, 1.82) is 0 Å². The number of aliphatic hydroxyl groups is 1. The van der Waals surface area contributed by atoms with Gasteiger partial charge in [-0.1, -0.05) is 6.92 Å². The second-order valence-electron chi connectivity index (χ2n) is 5.12. The Morgan fingerprint density at radius 3 is 2.45 bits per heavy atom. The molecule has 6 heteroatoms. The third-order valence-corrected chi connectivity index (χ3v) is 2.92. The molecule has 0 aliphatic heterocycles. The number of halogens is 4. The molecule has 0 aromatic heterocycles. The molecule has 0 fully saturated rings. The number of alkyl halides is 3. The molecule has 1 aromatic carbocycles. The van der Waals surface area contributed by atoms with Crippen LogP contribution in [0.2, 0.25) is 0 Å². The largest absolute Gasteiger partial charge is 0.416 e. The molecule has 1 aromatic rings. The summed E-state index contributed by atoms with van der Waals surface area (Å²) in [5, 5.41) is 12.1.